The van der Waals surface area contributed by atoms with Crippen molar-refractivity contribution < 1.29 is 0 Å². The number of rotatable bonds is 3. The highest BCUT2D eigenvalue weighted by Crippen LogP contribution is 2.41. The lowest BCUT2D eigenvalue weighted by Gasteiger charge is -2.35. The lowest BCUT2D eigenvalue weighted by Crippen LogP contribution is -2.28. The first kappa shape index (κ1) is 12.6. The molecule has 0 saturated carbocycles. The highest BCUT2D eigenvalue weighted by atomic mass is 32.1. The molecule has 0 radical (unpaired) electrons. The summed E-state index contributed by atoms with van der Waals surface area (Å²) in [5.41, 5.74) is 1.69. The molecule has 1 heterocycles. The first-order valence-electron chi connectivity index (χ1n) is 6.41. The fraction of sp³-hybridized carbons (Fsp3) is 0.714. The number of hydrogen-bond acceptors (Lipinski definition) is 3. The van der Waals surface area contributed by atoms with Crippen LogP contribution in [0.4, 0.5) is 0 Å². The predicted molar refractivity (Wildman–Crippen MR) is 71.0 cm³/mol. The molecule has 17 heavy (non-hydrogen) atoms. The molecule has 0 bridgehead atoms. The van der Waals surface area contributed by atoms with Gasteiger partial charge in [-0.15, -0.1) is 11.3 Å². The van der Waals surface area contributed by atoms with Gasteiger partial charge in [-0.25, -0.2) is 4.98 Å². The van der Waals surface area contributed by atoms with E-state index >= 15 is 0 Å². The zero-order valence-electron chi connectivity index (χ0n) is 10.9. The van der Waals surface area contributed by atoms with Crippen molar-refractivity contribution >= 4 is 11.3 Å². The molecular weight excluding hydrogens is 228 g/mol. The molecule has 0 aliphatic heterocycles. The number of hydrogen-bond donors (Lipinski definition) is 0. The number of nitrogens with zero attached hydrogens (tertiary/aromatic N) is 2. The van der Waals surface area contributed by atoms with Gasteiger partial charge in [0.15, 0.2) is 0 Å². The molecule has 0 fully saturated rings. The van der Waals surface area contributed by atoms with Gasteiger partial charge in [-0.1, -0.05) is 27.2 Å². The predicted octanol–water partition coefficient (Wildman–Crippen LogP) is 3.75. The number of aryl methyl sites for hydroxylation is 1. The standard InChI is InChI=1S/C14H20N2S/c1-4-14(2,3)10-5-6-11-12(9-10)17-13(16-11)7-8-15/h10H,4-7,9H2,1-3H3. The van der Waals surface area contributed by atoms with Crippen LogP contribution >= 0.6 is 11.3 Å². The van der Waals surface area contributed by atoms with Crippen LogP contribution in [0.5, 0.6) is 0 Å². The number of aromatic nitrogens is 1. The van der Waals surface area contributed by atoms with E-state index in [0.717, 1.165) is 17.3 Å². The van der Waals surface area contributed by atoms with Crippen molar-refractivity contribution in [3.8, 4) is 6.07 Å². The third-order valence-corrected chi connectivity index (χ3v) is 5.35. The fourth-order valence-electron chi connectivity index (χ4n) is 2.53. The molecule has 1 aromatic heterocycles. The van der Waals surface area contributed by atoms with Gasteiger partial charge < -0.3 is 0 Å². The van der Waals surface area contributed by atoms with Gasteiger partial charge in [0.1, 0.15) is 5.01 Å². The maximum absolute atomic E-state index is 8.72. The second-order valence-electron chi connectivity index (χ2n) is 5.59. The van der Waals surface area contributed by atoms with Gasteiger partial charge in [-0.3, -0.25) is 0 Å². The average molecular weight is 248 g/mol. The lowest BCUT2D eigenvalue weighted by atomic mass is 9.70. The Morgan fingerprint density at radius 1 is 1.53 bits per heavy atom. The summed E-state index contributed by atoms with van der Waals surface area (Å²) in [6.07, 6.45) is 5.23. The number of nitriles is 1. The quantitative estimate of drug-likeness (QED) is 0.817. The number of thiazole rings is 1. The highest BCUT2D eigenvalue weighted by Gasteiger charge is 2.32. The minimum absolute atomic E-state index is 0.428. The van der Waals surface area contributed by atoms with E-state index in [1.54, 1.807) is 11.3 Å². The molecule has 2 nitrogen and oxygen atoms in total. The van der Waals surface area contributed by atoms with E-state index in [2.05, 4.69) is 31.8 Å². The molecule has 1 unspecified atom stereocenters. The second-order valence-corrected chi connectivity index (χ2v) is 6.76. The van der Waals surface area contributed by atoms with E-state index in [-0.39, 0.29) is 0 Å². The molecule has 1 aromatic rings. The van der Waals surface area contributed by atoms with Crippen molar-refractivity contribution in [2.24, 2.45) is 11.3 Å². The zero-order valence-corrected chi connectivity index (χ0v) is 11.7. The molecule has 2 rings (SSSR count). The van der Waals surface area contributed by atoms with Crippen molar-refractivity contribution in [2.45, 2.75) is 52.9 Å². The largest absolute Gasteiger partial charge is 0.245 e. The zero-order chi connectivity index (χ0) is 12.5. The minimum Gasteiger partial charge on any atom is -0.245 e. The van der Waals surface area contributed by atoms with Gasteiger partial charge in [-0.2, -0.15) is 5.26 Å². The Bertz CT molecular complexity index is 440. The molecule has 3 heteroatoms. The summed E-state index contributed by atoms with van der Waals surface area (Å²) in [5, 5.41) is 9.72. The summed E-state index contributed by atoms with van der Waals surface area (Å²) in [5.74, 6) is 0.774. The minimum atomic E-state index is 0.428. The Hall–Kier alpha value is -0.880. The monoisotopic (exact) mass is 248 g/mol. The summed E-state index contributed by atoms with van der Waals surface area (Å²) in [6, 6.07) is 2.19. The molecule has 1 aliphatic carbocycles. The fourth-order valence-corrected chi connectivity index (χ4v) is 3.65. The van der Waals surface area contributed by atoms with E-state index < -0.39 is 0 Å². The SMILES string of the molecule is CCC(C)(C)C1CCc2nc(CC#N)sc2C1. The maximum Gasteiger partial charge on any atom is 0.107 e. The van der Waals surface area contributed by atoms with E-state index in [1.165, 1.54) is 29.8 Å². The van der Waals surface area contributed by atoms with Crippen LogP contribution in [0.2, 0.25) is 0 Å². The average Bonchev–Trinajstić information content (AvgIpc) is 2.70. The van der Waals surface area contributed by atoms with Crippen LogP contribution in [0.15, 0.2) is 0 Å². The third kappa shape index (κ3) is 2.52. The molecular formula is C14H20N2S. The van der Waals surface area contributed by atoms with Crippen LogP contribution in [0.1, 0.15) is 49.2 Å². The summed E-state index contributed by atoms with van der Waals surface area (Å²) in [4.78, 5) is 6.02. The van der Waals surface area contributed by atoms with Crippen molar-refractivity contribution in [3.63, 3.8) is 0 Å². The lowest BCUT2D eigenvalue weighted by molar-refractivity contribution is 0.183. The van der Waals surface area contributed by atoms with Gasteiger partial charge in [0.2, 0.25) is 0 Å². The van der Waals surface area contributed by atoms with Gasteiger partial charge in [0.25, 0.3) is 0 Å². The first-order valence-corrected chi connectivity index (χ1v) is 7.23. The van der Waals surface area contributed by atoms with Crippen molar-refractivity contribution in [3.05, 3.63) is 15.6 Å². The van der Waals surface area contributed by atoms with Gasteiger partial charge in [-0.05, 0) is 30.6 Å². The Kier molecular flexibility index (Phi) is 3.53. The van der Waals surface area contributed by atoms with Crippen LogP contribution < -0.4 is 0 Å². The van der Waals surface area contributed by atoms with Crippen LogP contribution in [-0.4, -0.2) is 4.98 Å². The summed E-state index contributed by atoms with van der Waals surface area (Å²) < 4.78 is 0. The second kappa shape index (κ2) is 4.78. The maximum atomic E-state index is 8.72. The van der Waals surface area contributed by atoms with E-state index in [0.29, 0.717) is 11.8 Å². The molecule has 0 amide bonds. The topological polar surface area (TPSA) is 36.7 Å². The van der Waals surface area contributed by atoms with Crippen LogP contribution in [0, 0.1) is 22.7 Å². The van der Waals surface area contributed by atoms with E-state index in [1.807, 2.05) is 0 Å². The Labute approximate surface area is 108 Å². The third-order valence-electron chi connectivity index (χ3n) is 4.23. The first-order chi connectivity index (χ1) is 8.06. The summed E-state index contributed by atoms with van der Waals surface area (Å²) >= 11 is 1.76. The molecule has 0 N–H and O–H groups in total. The van der Waals surface area contributed by atoms with Crippen LogP contribution in [-0.2, 0) is 19.3 Å². The summed E-state index contributed by atoms with van der Waals surface area (Å²) in [7, 11) is 0. The Morgan fingerprint density at radius 2 is 2.29 bits per heavy atom. The van der Waals surface area contributed by atoms with Crippen molar-refractivity contribution in [1.29, 1.82) is 5.26 Å². The van der Waals surface area contributed by atoms with E-state index in [9.17, 15) is 0 Å². The van der Waals surface area contributed by atoms with Crippen LogP contribution in [0.3, 0.4) is 0 Å². The molecule has 1 atom stereocenters. The highest BCUT2D eigenvalue weighted by molar-refractivity contribution is 7.11. The molecule has 0 spiro atoms. The van der Waals surface area contributed by atoms with Gasteiger partial charge in [0, 0.05) is 4.88 Å². The van der Waals surface area contributed by atoms with Crippen molar-refractivity contribution in [2.75, 3.05) is 0 Å². The van der Waals surface area contributed by atoms with Gasteiger partial charge >= 0.3 is 0 Å². The molecule has 92 valence electrons. The normalized spacial score (nSPS) is 19.8. The Morgan fingerprint density at radius 3 is 2.94 bits per heavy atom. The Balaban J connectivity index is 2.16. The van der Waals surface area contributed by atoms with Crippen molar-refractivity contribution in [1.82, 2.24) is 4.98 Å². The molecule has 0 aromatic carbocycles. The summed E-state index contributed by atoms with van der Waals surface area (Å²) in [6.45, 7) is 7.03. The smallest absolute Gasteiger partial charge is 0.107 e. The van der Waals surface area contributed by atoms with Gasteiger partial charge in [0.05, 0.1) is 18.2 Å². The molecule has 0 saturated heterocycles. The van der Waals surface area contributed by atoms with E-state index in [4.69, 9.17) is 5.26 Å². The molecule has 1 aliphatic rings. The number of fused-ring (bicyclic) bond motifs is 1. The van der Waals surface area contributed by atoms with Crippen LogP contribution in [0.25, 0.3) is 0 Å².